The van der Waals surface area contributed by atoms with Gasteiger partial charge in [-0.1, -0.05) is 35.0 Å². The van der Waals surface area contributed by atoms with Crippen molar-refractivity contribution in [3.8, 4) is 22.8 Å². The molecule has 0 atom stereocenters. The van der Waals surface area contributed by atoms with Crippen molar-refractivity contribution in [1.82, 2.24) is 29.7 Å². The van der Waals surface area contributed by atoms with Crippen LogP contribution in [0.3, 0.4) is 0 Å². The van der Waals surface area contributed by atoms with Crippen LogP contribution in [0.2, 0.25) is 0 Å². The van der Waals surface area contributed by atoms with Gasteiger partial charge in [-0.25, -0.2) is 4.68 Å². The first-order chi connectivity index (χ1) is 17.6. The van der Waals surface area contributed by atoms with Crippen molar-refractivity contribution in [2.45, 2.75) is 19.8 Å². The lowest BCUT2D eigenvalue weighted by molar-refractivity contribution is 0.0629. The van der Waals surface area contributed by atoms with Gasteiger partial charge in [0.05, 0.1) is 12.8 Å². The Hall–Kier alpha value is -3.98. The summed E-state index contributed by atoms with van der Waals surface area (Å²) in [7, 11) is 1.63. The van der Waals surface area contributed by atoms with Crippen LogP contribution in [0.25, 0.3) is 17.1 Å². The zero-order chi connectivity index (χ0) is 24.9. The summed E-state index contributed by atoms with van der Waals surface area (Å²) in [6, 6.07) is 17.5. The summed E-state index contributed by atoms with van der Waals surface area (Å²) in [4.78, 5) is 21.8. The van der Waals surface area contributed by atoms with Crippen LogP contribution in [0.5, 0.6) is 5.75 Å². The molecule has 1 aliphatic heterocycles. The third kappa shape index (κ3) is 5.46. The molecular weight excluding hydrogens is 456 g/mol. The normalized spacial score (nSPS) is 14.2. The number of carbonyl (C=O) groups excluding carboxylic acids is 1. The van der Waals surface area contributed by atoms with Crippen molar-refractivity contribution in [3.05, 3.63) is 77.9 Å². The lowest BCUT2D eigenvalue weighted by atomic mass is 10.1. The molecule has 9 heteroatoms. The second-order valence-electron chi connectivity index (χ2n) is 8.96. The van der Waals surface area contributed by atoms with Crippen LogP contribution in [-0.2, 0) is 6.42 Å². The number of carbonyl (C=O) groups is 1. The number of rotatable bonds is 8. The molecule has 186 valence electrons. The molecular formula is C27H30N6O3. The van der Waals surface area contributed by atoms with Gasteiger partial charge in [-0.2, -0.15) is 10.1 Å². The van der Waals surface area contributed by atoms with Crippen LogP contribution in [-0.4, -0.2) is 75.5 Å². The summed E-state index contributed by atoms with van der Waals surface area (Å²) in [5, 5.41) is 8.60. The molecule has 1 saturated heterocycles. The van der Waals surface area contributed by atoms with Gasteiger partial charge in [0.1, 0.15) is 5.75 Å². The van der Waals surface area contributed by atoms with E-state index in [9.17, 15) is 4.79 Å². The molecule has 1 fully saturated rings. The molecule has 0 saturated carbocycles. The van der Waals surface area contributed by atoms with Gasteiger partial charge in [0.2, 0.25) is 11.7 Å². The lowest BCUT2D eigenvalue weighted by Gasteiger charge is -2.34. The van der Waals surface area contributed by atoms with E-state index in [0.29, 0.717) is 30.5 Å². The number of hydrogen-bond donors (Lipinski definition) is 0. The van der Waals surface area contributed by atoms with Crippen LogP contribution >= 0.6 is 0 Å². The molecule has 1 aliphatic rings. The molecule has 0 spiro atoms. The van der Waals surface area contributed by atoms with E-state index in [4.69, 9.17) is 9.26 Å². The Morgan fingerprint density at radius 1 is 1.00 bits per heavy atom. The van der Waals surface area contributed by atoms with Gasteiger partial charge >= 0.3 is 0 Å². The zero-order valence-corrected chi connectivity index (χ0v) is 20.6. The first-order valence-electron chi connectivity index (χ1n) is 12.2. The van der Waals surface area contributed by atoms with E-state index in [1.807, 2.05) is 59.6 Å². The molecule has 2 aromatic carbocycles. The third-order valence-electron chi connectivity index (χ3n) is 6.45. The van der Waals surface area contributed by atoms with Crippen LogP contribution in [0.4, 0.5) is 0 Å². The first-order valence-corrected chi connectivity index (χ1v) is 12.2. The Morgan fingerprint density at radius 3 is 2.47 bits per heavy atom. The molecule has 2 aromatic heterocycles. The van der Waals surface area contributed by atoms with Crippen LogP contribution in [0.15, 0.2) is 65.3 Å². The standard InChI is InChI=1S/C27H30N6O3/c1-20-5-7-21(8-6-20)26-28-25(36-30-26)4-3-14-31-16-18-32(19-17-31)27(34)24-13-15-33(29-24)22-9-11-23(35-2)12-10-22/h5-13,15H,3-4,14,16-19H2,1-2H3. The molecule has 1 amide bonds. The van der Waals surface area contributed by atoms with Gasteiger partial charge in [0, 0.05) is 44.4 Å². The van der Waals surface area contributed by atoms with Gasteiger partial charge in [-0.15, -0.1) is 0 Å². The average Bonchev–Trinajstić information content (AvgIpc) is 3.60. The van der Waals surface area contributed by atoms with Crippen LogP contribution in [0, 0.1) is 6.92 Å². The van der Waals surface area contributed by atoms with Crippen molar-refractivity contribution in [2.75, 3.05) is 39.8 Å². The molecule has 4 aromatic rings. The Balaban J connectivity index is 1.07. The first kappa shape index (κ1) is 23.7. The van der Waals surface area contributed by atoms with Crippen molar-refractivity contribution in [1.29, 1.82) is 0 Å². The molecule has 0 unspecified atom stereocenters. The fourth-order valence-corrected chi connectivity index (χ4v) is 4.28. The number of piperazine rings is 1. The van der Waals surface area contributed by atoms with Gasteiger partial charge < -0.3 is 14.2 Å². The zero-order valence-electron chi connectivity index (χ0n) is 20.6. The molecule has 0 bridgehead atoms. The van der Waals surface area contributed by atoms with Crippen LogP contribution in [0.1, 0.15) is 28.4 Å². The molecule has 3 heterocycles. The van der Waals surface area contributed by atoms with Gasteiger partial charge in [-0.3, -0.25) is 9.69 Å². The summed E-state index contributed by atoms with van der Waals surface area (Å²) in [5.41, 5.74) is 3.50. The second-order valence-corrected chi connectivity index (χ2v) is 8.96. The molecule has 5 rings (SSSR count). The summed E-state index contributed by atoms with van der Waals surface area (Å²) in [6.45, 7) is 6.03. The van der Waals surface area contributed by atoms with Crippen molar-refractivity contribution >= 4 is 5.91 Å². The average molecular weight is 487 g/mol. The Labute approximate surface area is 210 Å². The van der Waals surface area contributed by atoms with Crippen molar-refractivity contribution in [2.24, 2.45) is 0 Å². The lowest BCUT2D eigenvalue weighted by Crippen LogP contribution is -2.49. The number of benzene rings is 2. The minimum absolute atomic E-state index is 0.0311. The highest BCUT2D eigenvalue weighted by molar-refractivity contribution is 5.92. The van der Waals surface area contributed by atoms with Gasteiger partial charge in [0.25, 0.3) is 5.91 Å². The van der Waals surface area contributed by atoms with Crippen LogP contribution < -0.4 is 4.74 Å². The number of ether oxygens (including phenoxy) is 1. The van der Waals surface area contributed by atoms with E-state index in [2.05, 4.69) is 27.1 Å². The SMILES string of the molecule is COc1ccc(-n2ccc(C(=O)N3CCN(CCCc4nc(-c5ccc(C)cc5)no4)CC3)n2)cc1. The Morgan fingerprint density at radius 2 is 1.75 bits per heavy atom. The van der Waals surface area contributed by atoms with E-state index in [1.54, 1.807) is 17.9 Å². The molecule has 9 nitrogen and oxygen atoms in total. The Kier molecular flexibility index (Phi) is 7.08. The molecule has 36 heavy (non-hydrogen) atoms. The van der Waals surface area contributed by atoms with Gasteiger partial charge in [0.15, 0.2) is 5.69 Å². The van der Waals surface area contributed by atoms with E-state index in [-0.39, 0.29) is 5.91 Å². The maximum absolute atomic E-state index is 13.0. The number of methoxy groups -OCH3 is 1. The van der Waals surface area contributed by atoms with Crippen molar-refractivity contribution in [3.63, 3.8) is 0 Å². The predicted molar refractivity (Wildman–Crippen MR) is 135 cm³/mol. The highest BCUT2D eigenvalue weighted by Crippen LogP contribution is 2.18. The van der Waals surface area contributed by atoms with Gasteiger partial charge in [-0.05, 0) is 50.2 Å². The third-order valence-corrected chi connectivity index (χ3v) is 6.45. The molecule has 0 N–H and O–H groups in total. The predicted octanol–water partition coefficient (Wildman–Crippen LogP) is 3.63. The van der Waals surface area contributed by atoms with E-state index < -0.39 is 0 Å². The number of nitrogens with zero attached hydrogens (tertiary/aromatic N) is 6. The van der Waals surface area contributed by atoms with Crippen molar-refractivity contribution < 1.29 is 14.1 Å². The maximum Gasteiger partial charge on any atom is 0.274 e. The monoisotopic (exact) mass is 486 g/mol. The minimum Gasteiger partial charge on any atom is -0.497 e. The maximum atomic E-state index is 13.0. The quantitative estimate of drug-likeness (QED) is 0.376. The number of aryl methyl sites for hydroxylation is 2. The largest absolute Gasteiger partial charge is 0.497 e. The molecule has 0 aliphatic carbocycles. The number of hydrogen-bond acceptors (Lipinski definition) is 7. The fourth-order valence-electron chi connectivity index (χ4n) is 4.28. The second kappa shape index (κ2) is 10.7. The summed E-state index contributed by atoms with van der Waals surface area (Å²) >= 11 is 0. The fraction of sp³-hybridized carbons (Fsp3) is 0.333. The summed E-state index contributed by atoms with van der Waals surface area (Å²) in [6.07, 6.45) is 3.48. The smallest absolute Gasteiger partial charge is 0.274 e. The van der Waals surface area contributed by atoms with E-state index in [0.717, 1.165) is 49.5 Å². The topological polar surface area (TPSA) is 89.5 Å². The summed E-state index contributed by atoms with van der Waals surface area (Å²) < 4.78 is 12.3. The Bertz CT molecular complexity index is 1290. The van der Waals surface area contributed by atoms with E-state index >= 15 is 0 Å². The summed E-state index contributed by atoms with van der Waals surface area (Å²) in [5.74, 6) is 2.04. The molecule has 0 radical (unpaired) electrons. The highest BCUT2D eigenvalue weighted by Gasteiger charge is 2.23. The minimum atomic E-state index is -0.0311. The highest BCUT2D eigenvalue weighted by atomic mass is 16.5. The number of aromatic nitrogens is 4. The number of amides is 1. The van der Waals surface area contributed by atoms with E-state index in [1.165, 1.54) is 5.56 Å².